The maximum atomic E-state index is 11.8. The van der Waals surface area contributed by atoms with E-state index in [-0.39, 0.29) is 18.3 Å². The summed E-state index contributed by atoms with van der Waals surface area (Å²) in [5, 5.41) is 7.21. The van der Waals surface area contributed by atoms with Gasteiger partial charge in [-0.15, -0.1) is 24.2 Å². The fourth-order valence-electron chi connectivity index (χ4n) is 2.63. The number of carbonyl (C=O) groups excluding carboxylic acids is 1. The van der Waals surface area contributed by atoms with Crippen LogP contribution < -0.4 is 10.6 Å². The Labute approximate surface area is 154 Å². The molecule has 0 radical (unpaired) electrons. The molecule has 1 atom stereocenters. The molecule has 130 valence electrons. The SMILES string of the molecule is Cl.O=C(CCCSc1ccc(Cl)cc1)NCCC1CCCNC1. The zero-order valence-electron chi connectivity index (χ0n) is 13.4. The van der Waals surface area contributed by atoms with Gasteiger partial charge in [0.25, 0.3) is 0 Å². The molecule has 0 bridgehead atoms. The van der Waals surface area contributed by atoms with Gasteiger partial charge in [-0.3, -0.25) is 4.79 Å². The molecule has 23 heavy (non-hydrogen) atoms. The normalized spacial score (nSPS) is 17.3. The van der Waals surface area contributed by atoms with Crippen molar-refractivity contribution in [3.8, 4) is 0 Å². The number of halogens is 2. The third-order valence-electron chi connectivity index (χ3n) is 3.90. The van der Waals surface area contributed by atoms with Gasteiger partial charge < -0.3 is 10.6 Å². The third kappa shape index (κ3) is 8.85. The van der Waals surface area contributed by atoms with E-state index in [9.17, 15) is 4.79 Å². The van der Waals surface area contributed by atoms with Gasteiger partial charge in [0.2, 0.25) is 5.91 Å². The fourth-order valence-corrected chi connectivity index (χ4v) is 3.61. The minimum atomic E-state index is 0. The van der Waals surface area contributed by atoms with Crippen molar-refractivity contribution in [3.05, 3.63) is 29.3 Å². The molecule has 1 amide bonds. The van der Waals surface area contributed by atoms with Crippen LogP contribution in [0.3, 0.4) is 0 Å². The van der Waals surface area contributed by atoms with Crippen molar-refractivity contribution < 1.29 is 4.79 Å². The van der Waals surface area contributed by atoms with E-state index in [0.717, 1.165) is 49.2 Å². The second-order valence-corrected chi connectivity index (χ2v) is 7.36. The summed E-state index contributed by atoms with van der Waals surface area (Å²) in [6.07, 6.45) is 5.17. The molecule has 0 aliphatic carbocycles. The van der Waals surface area contributed by atoms with Crippen molar-refractivity contribution in [3.63, 3.8) is 0 Å². The van der Waals surface area contributed by atoms with Gasteiger partial charge in [0.1, 0.15) is 0 Å². The van der Waals surface area contributed by atoms with Crippen molar-refractivity contribution >= 4 is 41.7 Å². The number of benzene rings is 1. The van der Waals surface area contributed by atoms with Crippen LogP contribution in [0, 0.1) is 5.92 Å². The highest BCUT2D eigenvalue weighted by atomic mass is 35.5. The molecule has 2 rings (SSSR count). The first kappa shape index (κ1) is 20.6. The number of carbonyl (C=O) groups is 1. The molecule has 1 aromatic carbocycles. The van der Waals surface area contributed by atoms with E-state index in [0.29, 0.717) is 6.42 Å². The molecule has 0 spiro atoms. The highest BCUT2D eigenvalue weighted by Crippen LogP contribution is 2.21. The lowest BCUT2D eigenvalue weighted by atomic mass is 9.96. The van der Waals surface area contributed by atoms with Crippen molar-refractivity contribution in [2.75, 3.05) is 25.4 Å². The first-order chi connectivity index (χ1) is 10.7. The van der Waals surface area contributed by atoms with E-state index in [1.807, 2.05) is 24.3 Å². The molecule has 1 aromatic rings. The van der Waals surface area contributed by atoms with Gasteiger partial charge in [0.15, 0.2) is 0 Å². The molecule has 1 saturated heterocycles. The highest BCUT2D eigenvalue weighted by molar-refractivity contribution is 7.99. The van der Waals surface area contributed by atoms with E-state index < -0.39 is 0 Å². The molecule has 6 heteroatoms. The van der Waals surface area contributed by atoms with E-state index in [1.54, 1.807) is 11.8 Å². The number of amides is 1. The summed E-state index contributed by atoms with van der Waals surface area (Å²) in [7, 11) is 0. The van der Waals surface area contributed by atoms with Crippen LogP contribution in [0.25, 0.3) is 0 Å². The van der Waals surface area contributed by atoms with Gasteiger partial charge in [0, 0.05) is 22.9 Å². The molecule has 1 unspecified atom stereocenters. The van der Waals surface area contributed by atoms with E-state index >= 15 is 0 Å². The second-order valence-electron chi connectivity index (χ2n) is 5.76. The van der Waals surface area contributed by atoms with Crippen LogP contribution in [-0.4, -0.2) is 31.3 Å². The smallest absolute Gasteiger partial charge is 0.220 e. The molecule has 1 aliphatic rings. The number of hydrogen-bond acceptors (Lipinski definition) is 3. The minimum Gasteiger partial charge on any atom is -0.356 e. The van der Waals surface area contributed by atoms with E-state index in [1.165, 1.54) is 17.7 Å². The van der Waals surface area contributed by atoms with Gasteiger partial charge in [-0.2, -0.15) is 0 Å². The Morgan fingerprint density at radius 2 is 2.13 bits per heavy atom. The first-order valence-corrected chi connectivity index (χ1v) is 9.46. The molecule has 3 nitrogen and oxygen atoms in total. The number of piperidine rings is 1. The average Bonchev–Trinajstić information content (AvgIpc) is 2.54. The lowest BCUT2D eigenvalue weighted by Gasteiger charge is -2.22. The van der Waals surface area contributed by atoms with Gasteiger partial charge in [0.05, 0.1) is 0 Å². The van der Waals surface area contributed by atoms with Gasteiger partial charge in [-0.25, -0.2) is 0 Å². The molecule has 1 aliphatic heterocycles. The largest absolute Gasteiger partial charge is 0.356 e. The van der Waals surface area contributed by atoms with Gasteiger partial charge in [-0.1, -0.05) is 11.6 Å². The Kier molecular flexibility index (Phi) is 10.8. The topological polar surface area (TPSA) is 41.1 Å². The summed E-state index contributed by atoms with van der Waals surface area (Å²) in [6, 6.07) is 7.84. The summed E-state index contributed by atoms with van der Waals surface area (Å²) in [5.74, 6) is 1.87. The lowest BCUT2D eigenvalue weighted by molar-refractivity contribution is -0.121. The minimum absolute atomic E-state index is 0. The lowest BCUT2D eigenvalue weighted by Crippen LogP contribution is -2.33. The van der Waals surface area contributed by atoms with Crippen LogP contribution in [0.2, 0.25) is 5.02 Å². The van der Waals surface area contributed by atoms with Crippen LogP contribution in [0.1, 0.15) is 32.1 Å². The Bertz CT molecular complexity index is 450. The van der Waals surface area contributed by atoms with Crippen LogP contribution in [0.5, 0.6) is 0 Å². The summed E-state index contributed by atoms with van der Waals surface area (Å²) < 4.78 is 0. The quantitative estimate of drug-likeness (QED) is 0.529. The summed E-state index contributed by atoms with van der Waals surface area (Å²) >= 11 is 7.62. The molecule has 1 fully saturated rings. The van der Waals surface area contributed by atoms with E-state index in [2.05, 4.69) is 10.6 Å². The van der Waals surface area contributed by atoms with Crippen LogP contribution in [0.4, 0.5) is 0 Å². The molecule has 0 aromatic heterocycles. The Balaban J connectivity index is 0.00000264. The number of thioether (sulfide) groups is 1. The highest BCUT2D eigenvalue weighted by Gasteiger charge is 2.12. The molecular formula is C17H26Cl2N2OS. The maximum Gasteiger partial charge on any atom is 0.220 e. The number of rotatable bonds is 8. The zero-order valence-corrected chi connectivity index (χ0v) is 15.7. The van der Waals surface area contributed by atoms with Gasteiger partial charge >= 0.3 is 0 Å². The van der Waals surface area contributed by atoms with Crippen LogP contribution in [-0.2, 0) is 4.79 Å². The third-order valence-corrected chi connectivity index (χ3v) is 5.25. The number of nitrogens with one attached hydrogen (secondary N) is 2. The van der Waals surface area contributed by atoms with Crippen molar-refractivity contribution in [2.24, 2.45) is 5.92 Å². The van der Waals surface area contributed by atoms with Crippen LogP contribution >= 0.6 is 35.8 Å². The van der Waals surface area contributed by atoms with Crippen molar-refractivity contribution in [1.82, 2.24) is 10.6 Å². The average molecular weight is 377 g/mol. The summed E-state index contributed by atoms with van der Waals surface area (Å²) in [5.41, 5.74) is 0. The summed E-state index contributed by atoms with van der Waals surface area (Å²) in [4.78, 5) is 13.0. The fraction of sp³-hybridized carbons (Fsp3) is 0.588. The predicted molar refractivity (Wildman–Crippen MR) is 102 cm³/mol. The van der Waals surface area contributed by atoms with E-state index in [4.69, 9.17) is 11.6 Å². The van der Waals surface area contributed by atoms with Gasteiger partial charge in [-0.05, 0) is 74.7 Å². The second kappa shape index (κ2) is 12.0. The standard InChI is InChI=1S/C17H25ClN2OS.ClH/c18-15-5-7-16(8-6-15)22-12-2-4-17(21)20-11-9-14-3-1-10-19-13-14;/h5-8,14,19H,1-4,9-13H2,(H,20,21);1H. The Hall–Kier alpha value is -0.420. The summed E-state index contributed by atoms with van der Waals surface area (Å²) in [6.45, 7) is 3.07. The maximum absolute atomic E-state index is 11.8. The monoisotopic (exact) mass is 376 g/mol. The first-order valence-electron chi connectivity index (χ1n) is 8.10. The Morgan fingerprint density at radius 3 is 2.83 bits per heavy atom. The molecular weight excluding hydrogens is 351 g/mol. The van der Waals surface area contributed by atoms with Crippen LogP contribution in [0.15, 0.2) is 29.2 Å². The Morgan fingerprint density at radius 1 is 1.35 bits per heavy atom. The molecule has 0 saturated carbocycles. The molecule has 2 N–H and O–H groups in total. The predicted octanol–water partition coefficient (Wildman–Crippen LogP) is 4.14. The van der Waals surface area contributed by atoms with Crippen molar-refractivity contribution in [1.29, 1.82) is 0 Å². The number of hydrogen-bond donors (Lipinski definition) is 2. The zero-order chi connectivity index (χ0) is 15.6. The molecule has 1 heterocycles. The van der Waals surface area contributed by atoms with Crippen molar-refractivity contribution in [2.45, 2.75) is 37.0 Å².